The van der Waals surface area contributed by atoms with E-state index in [0.717, 1.165) is 12.1 Å². The Balaban J connectivity index is 2.21. The summed E-state index contributed by atoms with van der Waals surface area (Å²) in [7, 11) is 0. The molecule has 1 atom stereocenters. The predicted octanol–water partition coefficient (Wildman–Crippen LogP) is 4.23. The van der Waals surface area contributed by atoms with Gasteiger partial charge in [0.05, 0.1) is 0 Å². The van der Waals surface area contributed by atoms with Gasteiger partial charge in [-0.05, 0) is 59.5 Å². The van der Waals surface area contributed by atoms with Gasteiger partial charge in [-0.2, -0.15) is 11.3 Å². The Morgan fingerprint density at radius 2 is 2.00 bits per heavy atom. The van der Waals surface area contributed by atoms with Gasteiger partial charge in [-0.15, -0.1) is 0 Å². The fourth-order valence-corrected chi connectivity index (χ4v) is 3.07. The Hall–Kier alpha value is -1.26. The zero-order chi connectivity index (χ0) is 13.8. The summed E-state index contributed by atoms with van der Waals surface area (Å²) in [5.41, 5.74) is 3.27. The number of aryl methyl sites for hydroxylation is 1. The van der Waals surface area contributed by atoms with Crippen LogP contribution in [-0.4, -0.2) is 6.54 Å². The van der Waals surface area contributed by atoms with Crippen molar-refractivity contribution in [2.45, 2.75) is 26.3 Å². The number of rotatable bonds is 5. The van der Waals surface area contributed by atoms with Gasteiger partial charge in [0.1, 0.15) is 0 Å². The first kappa shape index (κ1) is 14.2. The average molecular weight is 281 g/mol. The number of hydrogen-bond donors (Lipinski definition) is 1. The summed E-state index contributed by atoms with van der Waals surface area (Å²) in [6, 6.07) is 4.25. The Morgan fingerprint density at radius 3 is 2.58 bits per heavy atom. The minimum atomic E-state index is -0.796. The highest BCUT2D eigenvalue weighted by molar-refractivity contribution is 7.08. The highest BCUT2D eigenvalue weighted by Crippen LogP contribution is 2.25. The second kappa shape index (κ2) is 6.26. The number of halogens is 2. The van der Waals surface area contributed by atoms with E-state index < -0.39 is 11.6 Å². The lowest BCUT2D eigenvalue weighted by Crippen LogP contribution is -2.23. The van der Waals surface area contributed by atoms with E-state index in [0.29, 0.717) is 6.42 Å². The highest BCUT2D eigenvalue weighted by atomic mass is 32.1. The fraction of sp³-hybridized carbons (Fsp3) is 0.333. The SMILES string of the molecule is CCNC(Cc1ccc(F)c(F)c1)c1cscc1C. The molecule has 0 spiro atoms. The summed E-state index contributed by atoms with van der Waals surface area (Å²) in [4.78, 5) is 0. The fourth-order valence-electron chi connectivity index (χ4n) is 2.17. The monoisotopic (exact) mass is 281 g/mol. The molecular formula is C15H17F2NS. The predicted molar refractivity (Wildman–Crippen MR) is 75.5 cm³/mol. The maximum atomic E-state index is 13.2. The zero-order valence-corrected chi connectivity index (χ0v) is 11.9. The molecule has 1 aromatic heterocycles. The lowest BCUT2D eigenvalue weighted by atomic mass is 9.98. The van der Waals surface area contributed by atoms with Gasteiger partial charge in [0, 0.05) is 6.04 Å². The third kappa shape index (κ3) is 3.39. The Kier molecular flexibility index (Phi) is 4.66. The molecule has 1 heterocycles. The van der Waals surface area contributed by atoms with Crippen LogP contribution in [0.5, 0.6) is 0 Å². The minimum absolute atomic E-state index is 0.140. The van der Waals surface area contributed by atoms with Gasteiger partial charge >= 0.3 is 0 Å². The molecule has 2 aromatic rings. The molecule has 0 aliphatic carbocycles. The van der Waals surface area contributed by atoms with Gasteiger partial charge in [-0.3, -0.25) is 0 Å². The van der Waals surface area contributed by atoms with E-state index in [1.54, 1.807) is 17.4 Å². The van der Waals surface area contributed by atoms with Crippen LogP contribution in [0.1, 0.15) is 29.7 Å². The van der Waals surface area contributed by atoms with Crippen molar-refractivity contribution in [3.8, 4) is 0 Å². The van der Waals surface area contributed by atoms with Gasteiger partial charge < -0.3 is 5.32 Å². The van der Waals surface area contributed by atoms with E-state index in [1.807, 2.05) is 6.92 Å². The molecule has 0 fully saturated rings. The molecule has 2 rings (SSSR count). The van der Waals surface area contributed by atoms with Crippen LogP contribution in [0.3, 0.4) is 0 Å². The van der Waals surface area contributed by atoms with Gasteiger partial charge in [0.2, 0.25) is 0 Å². The van der Waals surface area contributed by atoms with Crippen LogP contribution in [0.15, 0.2) is 29.0 Å². The van der Waals surface area contributed by atoms with E-state index in [9.17, 15) is 8.78 Å². The molecule has 0 aliphatic heterocycles. The zero-order valence-electron chi connectivity index (χ0n) is 11.0. The van der Waals surface area contributed by atoms with Gasteiger partial charge in [0.15, 0.2) is 11.6 Å². The quantitative estimate of drug-likeness (QED) is 0.865. The maximum absolute atomic E-state index is 13.2. The summed E-state index contributed by atoms with van der Waals surface area (Å²) in [5.74, 6) is -1.58. The molecule has 1 unspecified atom stereocenters. The second-order valence-electron chi connectivity index (χ2n) is 4.57. The number of nitrogens with one attached hydrogen (secondary N) is 1. The number of hydrogen-bond acceptors (Lipinski definition) is 2. The first-order valence-corrected chi connectivity index (χ1v) is 7.26. The molecule has 4 heteroatoms. The standard InChI is InChI=1S/C15H17F2NS/c1-3-18-15(12-9-19-8-10(12)2)7-11-4-5-13(16)14(17)6-11/h4-6,8-9,15,18H,3,7H2,1-2H3. The normalized spacial score (nSPS) is 12.6. The summed E-state index contributed by atoms with van der Waals surface area (Å²) in [6.45, 7) is 4.95. The van der Waals surface area contributed by atoms with Crippen LogP contribution in [0.4, 0.5) is 8.78 Å². The molecule has 0 radical (unpaired) electrons. The summed E-state index contributed by atoms with van der Waals surface area (Å²) in [5, 5.41) is 7.61. The third-order valence-electron chi connectivity index (χ3n) is 3.14. The Bertz CT molecular complexity index is 551. The molecule has 1 nitrogen and oxygen atoms in total. The van der Waals surface area contributed by atoms with Crippen LogP contribution in [0.2, 0.25) is 0 Å². The molecule has 1 aromatic carbocycles. The van der Waals surface area contributed by atoms with Crippen molar-refractivity contribution >= 4 is 11.3 Å². The summed E-state index contributed by atoms with van der Waals surface area (Å²) >= 11 is 1.66. The summed E-state index contributed by atoms with van der Waals surface area (Å²) < 4.78 is 26.2. The van der Waals surface area contributed by atoms with Crippen LogP contribution < -0.4 is 5.32 Å². The average Bonchev–Trinajstić information content (AvgIpc) is 2.79. The van der Waals surface area contributed by atoms with E-state index in [2.05, 4.69) is 23.0 Å². The minimum Gasteiger partial charge on any atom is -0.310 e. The molecule has 0 saturated heterocycles. The van der Waals surface area contributed by atoms with Crippen LogP contribution in [0.25, 0.3) is 0 Å². The van der Waals surface area contributed by atoms with Crippen molar-refractivity contribution in [3.63, 3.8) is 0 Å². The molecule has 0 amide bonds. The van der Waals surface area contributed by atoms with Crippen LogP contribution in [0, 0.1) is 18.6 Å². The number of likely N-dealkylation sites (N-methyl/N-ethyl adjacent to an activating group) is 1. The van der Waals surface area contributed by atoms with Crippen molar-refractivity contribution in [3.05, 3.63) is 57.3 Å². The maximum Gasteiger partial charge on any atom is 0.159 e. The van der Waals surface area contributed by atoms with Crippen molar-refractivity contribution in [1.29, 1.82) is 0 Å². The topological polar surface area (TPSA) is 12.0 Å². The molecule has 0 bridgehead atoms. The van der Waals surface area contributed by atoms with Crippen molar-refractivity contribution in [2.24, 2.45) is 0 Å². The number of thiophene rings is 1. The highest BCUT2D eigenvalue weighted by Gasteiger charge is 2.15. The molecule has 0 aliphatic rings. The van der Waals surface area contributed by atoms with Gasteiger partial charge in [0.25, 0.3) is 0 Å². The largest absolute Gasteiger partial charge is 0.310 e. The van der Waals surface area contributed by atoms with Crippen LogP contribution >= 0.6 is 11.3 Å². The lowest BCUT2D eigenvalue weighted by molar-refractivity contribution is 0.502. The van der Waals surface area contributed by atoms with Crippen molar-refractivity contribution < 1.29 is 8.78 Å². The molecule has 0 saturated carbocycles. The van der Waals surface area contributed by atoms with Gasteiger partial charge in [-0.1, -0.05) is 13.0 Å². The molecular weight excluding hydrogens is 264 g/mol. The van der Waals surface area contributed by atoms with Gasteiger partial charge in [-0.25, -0.2) is 8.78 Å². The number of benzene rings is 1. The second-order valence-corrected chi connectivity index (χ2v) is 5.32. The van der Waals surface area contributed by atoms with E-state index >= 15 is 0 Å². The Labute approximate surface area is 116 Å². The van der Waals surface area contributed by atoms with E-state index in [4.69, 9.17) is 0 Å². The first-order valence-electron chi connectivity index (χ1n) is 6.31. The van der Waals surface area contributed by atoms with Crippen LogP contribution in [-0.2, 0) is 6.42 Å². The lowest BCUT2D eigenvalue weighted by Gasteiger charge is -2.18. The third-order valence-corrected chi connectivity index (χ3v) is 4.02. The smallest absolute Gasteiger partial charge is 0.159 e. The Morgan fingerprint density at radius 1 is 1.21 bits per heavy atom. The van der Waals surface area contributed by atoms with Crippen molar-refractivity contribution in [1.82, 2.24) is 5.32 Å². The summed E-state index contributed by atoms with van der Waals surface area (Å²) in [6.07, 6.45) is 0.655. The molecule has 19 heavy (non-hydrogen) atoms. The molecule has 1 N–H and O–H groups in total. The van der Waals surface area contributed by atoms with E-state index in [1.165, 1.54) is 23.3 Å². The molecule has 102 valence electrons. The first-order chi connectivity index (χ1) is 9.11. The van der Waals surface area contributed by atoms with Crippen molar-refractivity contribution in [2.75, 3.05) is 6.54 Å². The van der Waals surface area contributed by atoms with E-state index in [-0.39, 0.29) is 6.04 Å².